The van der Waals surface area contributed by atoms with Crippen molar-refractivity contribution in [2.45, 2.75) is 6.92 Å². The number of ether oxygens (including phenoxy) is 3. The lowest BCUT2D eigenvalue weighted by Crippen LogP contribution is -2.32. The Balaban J connectivity index is 1.53. The lowest BCUT2D eigenvalue weighted by atomic mass is 10.2. The molecule has 0 radical (unpaired) electrons. The van der Waals surface area contributed by atoms with Gasteiger partial charge < -0.3 is 19.5 Å². The molecule has 0 fully saturated rings. The topological polar surface area (TPSA) is 115 Å². The Morgan fingerprint density at radius 3 is 2.26 bits per heavy atom. The molecule has 9 heteroatoms. The summed E-state index contributed by atoms with van der Waals surface area (Å²) in [7, 11) is 2.98. The lowest BCUT2D eigenvalue weighted by molar-refractivity contribution is -0.136. The molecular weight excluding hydrogens is 438 g/mol. The maximum Gasteiger partial charge on any atom is 0.343 e. The monoisotopic (exact) mass is 461 g/mol. The number of carbonyl (C=O) groups is 3. The second-order valence-corrected chi connectivity index (χ2v) is 7.05. The molecule has 0 atom stereocenters. The summed E-state index contributed by atoms with van der Waals surface area (Å²) >= 11 is 0. The summed E-state index contributed by atoms with van der Waals surface area (Å²) in [4.78, 5) is 36.3. The molecule has 0 aliphatic rings. The highest BCUT2D eigenvalue weighted by molar-refractivity contribution is 6.39. The standard InChI is InChI=1S/C25H23N3O6/c1-16-5-4-6-19(13-16)27-23(29)24(30)28-26-15-17-7-10-20(11-8-17)34-25(31)18-9-12-21(32-2)22(14-18)33-3/h4-15H,1-3H3,(H,27,29)(H,28,30)/b26-15-. The quantitative estimate of drug-likeness (QED) is 0.183. The van der Waals surface area contributed by atoms with Gasteiger partial charge in [-0.25, -0.2) is 10.2 Å². The summed E-state index contributed by atoms with van der Waals surface area (Å²) in [5.41, 5.74) is 4.55. The fourth-order valence-electron chi connectivity index (χ4n) is 2.88. The molecule has 2 amide bonds. The van der Waals surface area contributed by atoms with Crippen molar-refractivity contribution >= 4 is 29.7 Å². The first-order chi connectivity index (χ1) is 16.4. The third kappa shape index (κ3) is 6.42. The van der Waals surface area contributed by atoms with Gasteiger partial charge in [-0.15, -0.1) is 0 Å². The van der Waals surface area contributed by atoms with Crippen molar-refractivity contribution < 1.29 is 28.6 Å². The second kappa shape index (κ2) is 11.3. The van der Waals surface area contributed by atoms with Crippen LogP contribution in [0.25, 0.3) is 0 Å². The van der Waals surface area contributed by atoms with Gasteiger partial charge in [0.15, 0.2) is 11.5 Å². The highest BCUT2D eigenvalue weighted by Gasteiger charge is 2.14. The molecular formula is C25H23N3O6. The zero-order valence-electron chi connectivity index (χ0n) is 18.8. The third-order valence-corrected chi connectivity index (χ3v) is 4.57. The van der Waals surface area contributed by atoms with Crippen LogP contribution < -0.4 is 25.0 Å². The Bertz CT molecular complexity index is 1220. The van der Waals surface area contributed by atoms with E-state index in [0.717, 1.165) is 5.56 Å². The minimum absolute atomic E-state index is 0.301. The number of hydrogen-bond acceptors (Lipinski definition) is 7. The normalized spacial score (nSPS) is 10.4. The average Bonchev–Trinajstić information content (AvgIpc) is 2.84. The molecule has 0 saturated carbocycles. The van der Waals surface area contributed by atoms with E-state index in [2.05, 4.69) is 15.8 Å². The van der Waals surface area contributed by atoms with Gasteiger partial charge >= 0.3 is 17.8 Å². The molecule has 0 spiro atoms. The zero-order valence-corrected chi connectivity index (χ0v) is 18.8. The molecule has 0 aromatic heterocycles. The number of carbonyl (C=O) groups excluding carboxylic acids is 3. The number of aryl methyl sites for hydroxylation is 1. The van der Waals surface area contributed by atoms with E-state index < -0.39 is 17.8 Å². The summed E-state index contributed by atoms with van der Waals surface area (Å²) in [5, 5.41) is 6.27. The van der Waals surface area contributed by atoms with Crippen molar-refractivity contribution in [3.8, 4) is 17.2 Å². The van der Waals surface area contributed by atoms with Gasteiger partial charge in [0, 0.05) is 5.69 Å². The van der Waals surface area contributed by atoms with Crippen LogP contribution in [0, 0.1) is 6.92 Å². The van der Waals surface area contributed by atoms with Crippen molar-refractivity contribution in [1.29, 1.82) is 0 Å². The van der Waals surface area contributed by atoms with Crippen molar-refractivity contribution in [3.05, 3.63) is 83.4 Å². The molecule has 0 unspecified atom stereocenters. The molecule has 174 valence electrons. The number of anilines is 1. The SMILES string of the molecule is COc1ccc(C(=O)Oc2ccc(/C=N\NC(=O)C(=O)Nc3cccc(C)c3)cc2)cc1OC. The molecule has 9 nitrogen and oxygen atoms in total. The molecule has 3 rings (SSSR count). The summed E-state index contributed by atoms with van der Waals surface area (Å²) < 4.78 is 15.7. The fourth-order valence-corrected chi connectivity index (χ4v) is 2.88. The van der Waals surface area contributed by atoms with E-state index in [9.17, 15) is 14.4 Å². The largest absolute Gasteiger partial charge is 0.493 e. The van der Waals surface area contributed by atoms with Gasteiger partial charge in [-0.2, -0.15) is 5.10 Å². The van der Waals surface area contributed by atoms with Gasteiger partial charge in [0.2, 0.25) is 0 Å². The van der Waals surface area contributed by atoms with Crippen molar-refractivity contribution in [3.63, 3.8) is 0 Å². The molecule has 3 aromatic carbocycles. The number of rotatable bonds is 7. The summed E-state index contributed by atoms with van der Waals surface area (Å²) in [6, 6.07) is 18.2. The van der Waals surface area contributed by atoms with Gasteiger partial charge in [0.05, 0.1) is 26.0 Å². The summed E-state index contributed by atoms with van der Waals surface area (Å²) in [6.45, 7) is 1.88. The van der Waals surface area contributed by atoms with E-state index in [1.807, 2.05) is 13.0 Å². The van der Waals surface area contributed by atoms with Gasteiger partial charge in [-0.3, -0.25) is 9.59 Å². The van der Waals surface area contributed by atoms with Crippen molar-refractivity contribution in [2.24, 2.45) is 5.10 Å². The first-order valence-corrected chi connectivity index (χ1v) is 10.1. The van der Waals surface area contributed by atoms with Crippen molar-refractivity contribution in [1.82, 2.24) is 5.43 Å². The van der Waals surface area contributed by atoms with Crippen LogP contribution in [-0.2, 0) is 9.59 Å². The van der Waals surface area contributed by atoms with Gasteiger partial charge in [0.25, 0.3) is 0 Å². The number of nitrogens with zero attached hydrogens (tertiary/aromatic N) is 1. The highest BCUT2D eigenvalue weighted by atomic mass is 16.5. The predicted molar refractivity (Wildman–Crippen MR) is 126 cm³/mol. The number of methoxy groups -OCH3 is 2. The summed E-state index contributed by atoms with van der Waals surface area (Å²) in [5.74, 6) is -1.06. The van der Waals surface area contributed by atoms with Crippen LogP contribution in [0.2, 0.25) is 0 Å². The van der Waals surface area contributed by atoms with Gasteiger partial charge in [-0.05, 0) is 72.6 Å². The predicted octanol–water partition coefficient (Wildman–Crippen LogP) is 3.32. The highest BCUT2D eigenvalue weighted by Crippen LogP contribution is 2.28. The number of benzene rings is 3. The lowest BCUT2D eigenvalue weighted by Gasteiger charge is -2.09. The average molecular weight is 461 g/mol. The number of hydrazone groups is 1. The minimum atomic E-state index is -0.904. The Morgan fingerprint density at radius 1 is 0.853 bits per heavy atom. The smallest absolute Gasteiger partial charge is 0.343 e. The number of nitrogens with one attached hydrogen (secondary N) is 2. The van der Waals surface area contributed by atoms with E-state index in [4.69, 9.17) is 14.2 Å². The van der Waals surface area contributed by atoms with Crippen molar-refractivity contribution in [2.75, 3.05) is 19.5 Å². The maximum atomic E-state index is 12.4. The van der Waals surface area contributed by atoms with Crippen LogP contribution in [0.3, 0.4) is 0 Å². The Labute approximate surface area is 196 Å². The molecule has 0 saturated heterocycles. The van der Waals surface area contributed by atoms with Crippen LogP contribution in [0.1, 0.15) is 21.5 Å². The van der Waals surface area contributed by atoms with E-state index in [1.165, 1.54) is 26.5 Å². The van der Waals surface area contributed by atoms with Crippen LogP contribution >= 0.6 is 0 Å². The minimum Gasteiger partial charge on any atom is -0.493 e. The van der Waals surface area contributed by atoms with E-state index >= 15 is 0 Å². The molecule has 3 aromatic rings. The number of hydrogen-bond donors (Lipinski definition) is 2. The molecule has 2 N–H and O–H groups in total. The van der Waals surface area contributed by atoms with E-state index in [1.54, 1.807) is 54.6 Å². The number of amides is 2. The summed E-state index contributed by atoms with van der Waals surface area (Å²) in [6.07, 6.45) is 1.36. The van der Waals surface area contributed by atoms with Crippen LogP contribution in [0.5, 0.6) is 17.2 Å². The number of esters is 1. The van der Waals surface area contributed by atoms with Crippen LogP contribution in [-0.4, -0.2) is 38.2 Å². The third-order valence-electron chi connectivity index (χ3n) is 4.57. The maximum absolute atomic E-state index is 12.4. The Hall–Kier alpha value is -4.66. The van der Waals surface area contributed by atoms with E-state index in [-0.39, 0.29) is 0 Å². The fraction of sp³-hybridized carbons (Fsp3) is 0.120. The van der Waals surface area contributed by atoms with Gasteiger partial charge in [-0.1, -0.05) is 12.1 Å². The Morgan fingerprint density at radius 2 is 1.59 bits per heavy atom. The van der Waals surface area contributed by atoms with Crippen LogP contribution in [0.15, 0.2) is 71.8 Å². The zero-order chi connectivity index (χ0) is 24.5. The first-order valence-electron chi connectivity index (χ1n) is 10.1. The molecule has 0 heterocycles. The van der Waals surface area contributed by atoms with E-state index in [0.29, 0.717) is 34.1 Å². The first kappa shape index (κ1) is 24.0. The Kier molecular flexibility index (Phi) is 7.96. The molecule has 34 heavy (non-hydrogen) atoms. The molecule has 0 bridgehead atoms. The second-order valence-electron chi connectivity index (χ2n) is 7.05. The molecule has 0 aliphatic heterocycles. The molecule has 0 aliphatic carbocycles. The van der Waals surface area contributed by atoms with Gasteiger partial charge in [0.1, 0.15) is 5.75 Å². The van der Waals surface area contributed by atoms with Crippen LogP contribution in [0.4, 0.5) is 5.69 Å².